The third kappa shape index (κ3) is 3.42. The van der Waals surface area contributed by atoms with Crippen molar-refractivity contribution in [2.45, 2.75) is 20.0 Å². The summed E-state index contributed by atoms with van der Waals surface area (Å²) in [6, 6.07) is 5.59. The molecule has 0 aliphatic rings. The number of hydrogen-bond donors (Lipinski definition) is 0. The number of nitrogens with zero attached hydrogens (tertiary/aromatic N) is 1. The van der Waals surface area contributed by atoms with Crippen molar-refractivity contribution in [1.29, 1.82) is 0 Å². The van der Waals surface area contributed by atoms with Gasteiger partial charge in [0.2, 0.25) is 0 Å². The molecule has 5 heteroatoms. The number of aromatic nitrogens is 1. The molecule has 0 amide bonds. The van der Waals surface area contributed by atoms with Crippen LogP contribution in [0.4, 0.5) is 4.39 Å². The predicted octanol–water partition coefficient (Wildman–Crippen LogP) is 4.00. The normalized spacial score (nSPS) is 10.7. The van der Waals surface area contributed by atoms with Crippen LogP contribution in [0.1, 0.15) is 29.8 Å². The Labute approximate surface area is 124 Å². The Bertz CT molecular complexity index is 644. The standard InChI is InChI=1S/C15H13BrFNO2/c1-9(2)20-12-5-10(7-18-8-12)15(19)13-6-11(17)3-4-14(13)16/h3-9H,1-2H3. The molecule has 0 unspecified atom stereocenters. The van der Waals surface area contributed by atoms with E-state index in [1.54, 1.807) is 6.07 Å². The number of pyridine rings is 1. The van der Waals surface area contributed by atoms with E-state index in [0.717, 1.165) is 0 Å². The Kier molecular flexibility index (Phi) is 4.49. The molecule has 2 rings (SSSR count). The summed E-state index contributed by atoms with van der Waals surface area (Å²) in [5.41, 5.74) is 0.614. The first-order chi connectivity index (χ1) is 9.47. The van der Waals surface area contributed by atoms with Crippen LogP contribution in [-0.4, -0.2) is 16.9 Å². The number of ether oxygens (including phenoxy) is 1. The lowest BCUT2D eigenvalue weighted by Crippen LogP contribution is -2.08. The van der Waals surface area contributed by atoms with E-state index < -0.39 is 5.82 Å². The van der Waals surface area contributed by atoms with Crippen LogP contribution in [-0.2, 0) is 0 Å². The van der Waals surface area contributed by atoms with E-state index in [4.69, 9.17) is 4.74 Å². The average Bonchev–Trinajstić information content (AvgIpc) is 2.40. The number of carbonyl (C=O) groups excluding carboxylic acids is 1. The highest BCUT2D eigenvalue weighted by atomic mass is 79.9. The molecule has 1 aromatic heterocycles. The molecule has 0 bridgehead atoms. The lowest BCUT2D eigenvalue weighted by molar-refractivity contribution is 0.103. The van der Waals surface area contributed by atoms with Crippen LogP contribution in [0.25, 0.3) is 0 Å². The summed E-state index contributed by atoms with van der Waals surface area (Å²) in [5, 5.41) is 0. The molecule has 0 fully saturated rings. The Hall–Kier alpha value is -1.75. The van der Waals surface area contributed by atoms with Crippen LogP contribution < -0.4 is 4.74 Å². The zero-order valence-electron chi connectivity index (χ0n) is 11.1. The Morgan fingerprint density at radius 2 is 2.05 bits per heavy atom. The quantitative estimate of drug-likeness (QED) is 0.791. The molecular weight excluding hydrogens is 325 g/mol. The number of hydrogen-bond acceptors (Lipinski definition) is 3. The fourth-order valence-electron chi connectivity index (χ4n) is 1.71. The smallest absolute Gasteiger partial charge is 0.195 e. The molecule has 0 radical (unpaired) electrons. The molecule has 0 saturated carbocycles. The molecule has 0 N–H and O–H groups in total. The Balaban J connectivity index is 2.35. The van der Waals surface area contributed by atoms with Gasteiger partial charge in [-0.3, -0.25) is 9.78 Å². The predicted molar refractivity (Wildman–Crippen MR) is 77.5 cm³/mol. The van der Waals surface area contributed by atoms with Crippen molar-refractivity contribution >= 4 is 21.7 Å². The van der Waals surface area contributed by atoms with Crippen molar-refractivity contribution in [3.63, 3.8) is 0 Å². The van der Waals surface area contributed by atoms with Crippen molar-refractivity contribution in [3.05, 3.63) is 58.1 Å². The summed E-state index contributed by atoms with van der Waals surface area (Å²) in [6.07, 6.45) is 2.97. The Morgan fingerprint density at radius 1 is 1.30 bits per heavy atom. The monoisotopic (exact) mass is 337 g/mol. The third-order valence-corrected chi connectivity index (χ3v) is 3.21. The molecule has 104 valence electrons. The minimum Gasteiger partial charge on any atom is -0.489 e. The van der Waals surface area contributed by atoms with Gasteiger partial charge in [-0.05, 0) is 38.1 Å². The van der Waals surface area contributed by atoms with Gasteiger partial charge in [0.25, 0.3) is 0 Å². The van der Waals surface area contributed by atoms with Crippen LogP contribution in [0.15, 0.2) is 41.1 Å². The Morgan fingerprint density at radius 3 is 2.75 bits per heavy atom. The maximum atomic E-state index is 13.3. The number of carbonyl (C=O) groups is 1. The van der Waals surface area contributed by atoms with Gasteiger partial charge in [0, 0.05) is 21.8 Å². The van der Waals surface area contributed by atoms with E-state index in [0.29, 0.717) is 15.8 Å². The van der Waals surface area contributed by atoms with E-state index >= 15 is 0 Å². The largest absolute Gasteiger partial charge is 0.489 e. The van der Waals surface area contributed by atoms with Crippen LogP contribution in [0, 0.1) is 5.82 Å². The number of rotatable bonds is 4. The molecule has 1 heterocycles. The molecular formula is C15H13BrFNO2. The van der Waals surface area contributed by atoms with Gasteiger partial charge in [-0.15, -0.1) is 0 Å². The van der Waals surface area contributed by atoms with E-state index in [9.17, 15) is 9.18 Å². The maximum absolute atomic E-state index is 13.3. The summed E-state index contributed by atoms with van der Waals surface area (Å²) < 4.78 is 19.3. The molecule has 0 spiro atoms. The first-order valence-electron chi connectivity index (χ1n) is 6.09. The molecule has 3 nitrogen and oxygen atoms in total. The van der Waals surface area contributed by atoms with E-state index in [1.807, 2.05) is 13.8 Å². The zero-order valence-corrected chi connectivity index (χ0v) is 12.6. The summed E-state index contributed by atoms with van der Waals surface area (Å²) in [4.78, 5) is 16.3. The lowest BCUT2D eigenvalue weighted by atomic mass is 10.0. The maximum Gasteiger partial charge on any atom is 0.195 e. The molecule has 0 aliphatic heterocycles. The second kappa shape index (κ2) is 6.13. The van der Waals surface area contributed by atoms with Crippen molar-refractivity contribution in [2.24, 2.45) is 0 Å². The van der Waals surface area contributed by atoms with Crippen LogP contribution in [0.2, 0.25) is 0 Å². The van der Waals surface area contributed by atoms with Gasteiger partial charge in [-0.1, -0.05) is 15.9 Å². The van der Waals surface area contributed by atoms with E-state index in [1.165, 1.54) is 30.6 Å². The molecule has 2 aromatic rings. The highest BCUT2D eigenvalue weighted by molar-refractivity contribution is 9.10. The van der Waals surface area contributed by atoms with Gasteiger partial charge >= 0.3 is 0 Å². The zero-order chi connectivity index (χ0) is 14.7. The lowest BCUT2D eigenvalue weighted by Gasteiger charge is -2.10. The van der Waals surface area contributed by atoms with Crippen LogP contribution in [0.3, 0.4) is 0 Å². The van der Waals surface area contributed by atoms with Crippen molar-refractivity contribution < 1.29 is 13.9 Å². The van der Waals surface area contributed by atoms with Crippen molar-refractivity contribution in [1.82, 2.24) is 4.98 Å². The first-order valence-corrected chi connectivity index (χ1v) is 6.88. The fraction of sp³-hybridized carbons (Fsp3) is 0.200. The van der Waals surface area contributed by atoms with Crippen LogP contribution >= 0.6 is 15.9 Å². The van der Waals surface area contributed by atoms with Crippen molar-refractivity contribution in [3.8, 4) is 5.75 Å². The first kappa shape index (κ1) is 14.7. The number of halogens is 2. The molecule has 1 aromatic carbocycles. The van der Waals surface area contributed by atoms with Crippen molar-refractivity contribution in [2.75, 3.05) is 0 Å². The van der Waals surface area contributed by atoms with Gasteiger partial charge in [-0.25, -0.2) is 4.39 Å². The summed E-state index contributed by atoms with van der Waals surface area (Å²) >= 11 is 3.25. The van der Waals surface area contributed by atoms with Gasteiger partial charge in [-0.2, -0.15) is 0 Å². The van der Waals surface area contributed by atoms with Gasteiger partial charge < -0.3 is 4.74 Å². The van der Waals surface area contributed by atoms with Gasteiger partial charge in [0.05, 0.1) is 12.3 Å². The van der Waals surface area contributed by atoms with Gasteiger partial charge in [0.15, 0.2) is 5.78 Å². The van der Waals surface area contributed by atoms with Crippen LogP contribution in [0.5, 0.6) is 5.75 Å². The SMILES string of the molecule is CC(C)Oc1cncc(C(=O)c2cc(F)ccc2Br)c1. The summed E-state index contributed by atoms with van der Waals surface area (Å²) in [5.74, 6) is -0.254. The molecule has 20 heavy (non-hydrogen) atoms. The van der Waals surface area contributed by atoms with E-state index in [-0.39, 0.29) is 17.5 Å². The number of ketones is 1. The fourth-order valence-corrected chi connectivity index (χ4v) is 2.13. The second-order valence-corrected chi connectivity index (χ2v) is 5.38. The molecule has 0 saturated heterocycles. The van der Waals surface area contributed by atoms with Gasteiger partial charge in [0.1, 0.15) is 11.6 Å². The minimum absolute atomic E-state index is 0.0111. The summed E-state index contributed by atoms with van der Waals surface area (Å²) in [7, 11) is 0. The molecule has 0 atom stereocenters. The average molecular weight is 338 g/mol. The summed E-state index contributed by atoms with van der Waals surface area (Å²) in [6.45, 7) is 3.77. The topological polar surface area (TPSA) is 39.2 Å². The third-order valence-electron chi connectivity index (χ3n) is 2.52. The highest BCUT2D eigenvalue weighted by Crippen LogP contribution is 2.22. The second-order valence-electron chi connectivity index (χ2n) is 4.53. The molecule has 0 aliphatic carbocycles. The minimum atomic E-state index is -0.459. The highest BCUT2D eigenvalue weighted by Gasteiger charge is 2.15. The number of benzene rings is 1. The van der Waals surface area contributed by atoms with E-state index in [2.05, 4.69) is 20.9 Å².